The summed E-state index contributed by atoms with van der Waals surface area (Å²) in [7, 11) is 0. The van der Waals surface area contributed by atoms with E-state index in [9.17, 15) is 4.79 Å². The molecule has 0 saturated carbocycles. The molecule has 0 spiro atoms. The molecule has 1 heterocycles. The van der Waals surface area contributed by atoms with Crippen LogP contribution in [-0.4, -0.2) is 16.0 Å². The minimum Gasteiger partial charge on any atom is -0.489 e. The number of aryl methyl sites for hydroxylation is 1. The van der Waals surface area contributed by atoms with E-state index in [0.29, 0.717) is 40.3 Å². The Kier molecular flexibility index (Phi) is 5.77. The van der Waals surface area contributed by atoms with Crippen molar-refractivity contribution in [3.05, 3.63) is 94.8 Å². The van der Waals surface area contributed by atoms with Crippen molar-refractivity contribution < 1.29 is 14.1 Å². The molecule has 0 saturated heterocycles. The van der Waals surface area contributed by atoms with Crippen LogP contribution < -0.4 is 10.1 Å². The Balaban J connectivity index is 1.36. The highest BCUT2D eigenvalue weighted by Crippen LogP contribution is 2.21. The minimum absolute atomic E-state index is 0.215. The van der Waals surface area contributed by atoms with Crippen LogP contribution in [0.5, 0.6) is 5.75 Å². The van der Waals surface area contributed by atoms with Crippen LogP contribution in [0.1, 0.15) is 21.7 Å². The van der Waals surface area contributed by atoms with Gasteiger partial charge in [-0.25, -0.2) is 0 Å². The fourth-order valence-corrected chi connectivity index (χ4v) is 2.98. The van der Waals surface area contributed by atoms with Crippen LogP contribution in [0.2, 0.25) is 5.02 Å². The van der Waals surface area contributed by atoms with E-state index in [0.717, 1.165) is 11.1 Å². The second kappa shape index (κ2) is 8.80. The second-order valence-corrected chi connectivity index (χ2v) is 6.99. The summed E-state index contributed by atoms with van der Waals surface area (Å²) in [5, 5.41) is 7.30. The zero-order valence-electron chi connectivity index (χ0n) is 16.1. The Morgan fingerprint density at radius 1 is 1.03 bits per heavy atom. The molecular weight excluding hydrogens is 402 g/mol. The van der Waals surface area contributed by atoms with Crippen molar-refractivity contribution >= 4 is 23.2 Å². The number of nitrogens with zero attached hydrogens (tertiary/aromatic N) is 2. The molecule has 0 aliphatic heterocycles. The lowest BCUT2D eigenvalue weighted by Gasteiger charge is -2.09. The normalized spacial score (nSPS) is 10.6. The molecule has 0 bridgehead atoms. The van der Waals surface area contributed by atoms with E-state index in [2.05, 4.69) is 15.5 Å². The van der Waals surface area contributed by atoms with Crippen molar-refractivity contribution in [2.45, 2.75) is 13.5 Å². The van der Waals surface area contributed by atoms with Crippen LogP contribution in [-0.2, 0) is 6.61 Å². The van der Waals surface area contributed by atoms with Crippen LogP contribution in [0.4, 0.5) is 5.69 Å². The van der Waals surface area contributed by atoms with E-state index in [1.165, 1.54) is 0 Å². The SMILES string of the molecule is Cc1noc(-c2ccc(C(=O)Nc3ccc(OCc4ccccc4Cl)cc3)cc2)n1. The fourth-order valence-electron chi connectivity index (χ4n) is 2.79. The van der Waals surface area contributed by atoms with E-state index in [4.69, 9.17) is 20.9 Å². The number of benzene rings is 3. The van der Waals surface area contributed by atoms with E-state index in [-0.39, 0.29) is 5.91 Å². The summed E-state index contributed by atoms with van der Waals surface area (Å²) in [6.45, 7) is 2.12. The molecule has 0 unspecified atom stereocenters. The molecule has 3 aromatic carbocycles. The molecule has 7 heteroatoms. The summed E-state index contributed by atoms with van der Waals surface area (Å²) in [6, 6.07) is 21.7. The molecule has 0 radical (unpaired) electrons. The van der Waals surface area contributed by atoms with Crippen molar-refractivity contribution in [1.29, 1.82) is 0 Å². The van der Waals surface area contributed by atoms with Gasteiger partial charge in [0.25, 0.3) is 11.8 Å². The number of amides is 1. The average molecular weight is 420 g/mol. The Hall–Kier alpha value is -3.64. The molecule has 30 heavy (non-hydrogen) atoms. The van der Waals surface area contributed by atoms with Crippen LogP contribution in [0, 0.1) is 6.92 Å². The fraction of sp³-hybridized carbons (Fsp3) is 0.0870. The van der Waals surface area contributed by atoms with E-state index >= 15 is 0 Å². The number of ether oxygens (including phenoxy) is 1. The number of rotatable bonds is 6. The van der Waals surface area contributed by atoms with E-state index in [1.54, 1.807) is 55.5 Å². The van der Waals surface area contributed by atoms with Crippen molar-refractivity contribution in [1.82, 2.24) is 10.1 Å². The zero-order chi connectivity index (χ0) is 20.9. The van der Waals surface area contributed by atoms with Crippen molar-refractivity contribution in [2.24, 2.45) is 0 Å². The molecule has 0 atom stereocenters. The topological polar surface area (TPSA) is 77.2 Å². The zero-order valence-corrected chi connectivity index (χ0v) is 16.9. The third-order valence-electron chi connectivity index (χ3n) is 4.39. The van der Waals surface area contributed by atoms with Gasteiger partial charge in [0, 0.05) is 27.4 Å². The summed E-state index contributed by atoms with van der Waals surface area (Å²) >= 11 is 6.14. The van der Waals surface area contributed by atoms with Gasteiger partial charge in [0.05, 0.1) is 0 Å². The molecule has 1 aromatic heterocycles. The van der Waals surface area contributed by atoms with Crippen LogP contribution in [0.25, 0.3) is 11.5 Å². The standard InChI is InChI=1S/C23H18ClN3O3/c1-15-25-23(30-27-15)17-8-6-16(7-9-17)22(28)26-19-10-12-20(13-11-19)29-14-18-4-2-3-5-21(18)24/h2-13H,14H2,1H3,(H,26,28). The Labute approximate surface area is 178 Å². The predicted molar refractivity (Wildman–Crippen MR) is 115 cm³/mol. The first-order chi connectivity index (χ1) is 14.6. The quantitative estimate of drug-likeness (QED) is 0.444. The largest absolute Gasteiger partial charge is 0.489 e. The highest BCUT2D eigenvalue weighted by molar-refractivity contribution is 6.31. The number of hydrogen-bond donors (Lipinski definition) is 1. The first-order valence-corrected chi connectivity index (χ1v) is 9.65. The van der Waals surface area contributed by atoms with Crippen LogP contribution >= 0.6 is 11.6 Å². The van der Waals surface area contributed by atoms with Gasteiger partial charge in [0.2, 0.25) is 0 Å². The molecule has 6 nitrogen and oxygen atoms in total. The van der Waals surface area contributed by atoms with Gasteiger partial charge in [-0.05, 0) is 61.5 Å². The minimum atomic E-state index is -0.215. The smallest absolute Gasteiger partial charge is 0.257 e. The van der Waals surface area contributed by atoms with Gasteiger partial charge >= 0.3 is 0 Å². The average Bonchev–Trinajstić information content (AvgIpc) is 3.20. The van der Waals surface area contributed by atoms with Gasteiger partial charge < -0.3 is 14.6 Å². The summed E-state index contributed by atoms with van der Waals surface area (Å²) in [4.78, 5) is 16.7. The highest BCUT2D eigenvalue weighted by atomic mass is 35.5. The van der Waals surface area contributed by atoms with Gasteiger partial charge in [-0.3, -0.25) is 4.79 Å². The molecule has 0 aliphatic rings. The third kappa shape index (κ3) is 4.67. The maximum atomic E-state index is 12.5. The summed E-state index contributed by atoms with van der Waals surface area (Å²) in [5.41, 5.74) is 2.86. The summed E-state index contributed by atoms with van der Waals surface area (Å²) in [5.74, 6) is 1.46. The highest BCUT2D eigenvalue weighted by Gasteiger charge is 2.10. The van der Waals surface area contributed by atoms with Crippen LogP contribution in [0.15, 0.2) is 77.3 Å². The number of hydrogen-bond acceptors (Lipinski definition) is 5. The molecule has 0 fully saturated rings. The van der Waals surface area contributed by atoms with Crippen LogP contribution in [0.3, 0.4) is 0 Å². The first kappa shape index (κ1) is 19.7. The van der Waals surface area contributed by atoms with E-state index < -0.39 is 0 Å². The van der Waals surface area contributed by atoms with Crippen molar-refractivity contribution in [3.8, 4) is 17.2 Å². The van der Waals surface area contributed by atoms with E-state index in [1.807, 2.05) is 24.3 Å². The Bertz CT molecular complexity index is 1160. The number of aromatic nitrogens is 2. The molecular formula is C23H18ClN3O3. The first-order valence-electron chi connectivity index (χ1n) is 9.27. The molecule has 150 valence electrons. The van der Waals surface area contributed by atoms with Gasteiger partial charge in [-0.15, -0.1) is 0 Å². The monoisotopic (exact) mass is 419 g/mol. The summed E-state index contributed by atoms with van der Waals surface area (Å²) < 4.78 is 10.9. The Morgan fingerprint density at radius 2 is 1.77 bits per heavy atom. The van der Waals surface area contributed by atoms with Gasteiger partial charge in [0.15, 0.2) is 5.82 Å². The lowest BCUT2D eigenvalue weighted by atomic mass is 10.1. The number of anilines is 1. The van der Waals surface area contributed by atoms with Gasteiger partial charge in [0.1, 0.15) is 12.4 Å². The lowest BCUT2D eigenvalue weighted by Crippen LogP contribution is -2.11. The second-order valence-electron chi connectivity index (χ2n) is 6.58. The molecule has 4 aromatic rings. The number of carbonyl (C=O) groups excluding carboxylic acids is 1. The van der Waals surface area contributed by atoms with Gasteiger partial charge in [-0.1, -0.05) is 35.0 Å². The lowest BCUT2D eigenvalue weighted by molar-refractivity contribution is 0.102. The Morgan fingerprint density at radius 3 is 2.43 bits per heavy atom. The summed E-state index contributed by atoms with van der Waals surface area (Å²) in [6.07, 6.45) is 0. The molecule has 4 rings (SSSR count). The van der Waals surface area contributed by atoms with Crippen molar-refractivity contribution in [2.75, 3.05) is 5.32 Å². The number of carbonyl (C=O) groups is 1. The maximum absolute atomic E-state index is 12.5. The number of halogens is 1. The molecule has 1 amide bonds. The third-order valence-corrected chi connectivity index (χ3v) is 4.75. The maximum Gasteiger partial charge on any atom is 0.257 e. The number of nitrogens with one attached hydrogen (secondary N) is 1. The molecule has 1 N–H and O–H groups in total. The molecule has 0 aliphatic carbocycles. The van der Waals surface area contributed by atoms with Crippen molar-refractivity contribution in [3.63, 3.8) is 0 Å². The van der Waals surface area contributed by atoms with Gasteiger partial charge in [-0.2, -0.15) is 4.98 Å². The predicted octanol–water partition coefficient (Wildman–Crippen LogP) is 5.53.